The molecule has 0 bridgehead atoms. The summed E-state index contributed by atoms with van der Waals surface area (Å²) < 4.78 is 8.02. The highest BCUT2D eigenvalue weighted by molar-refractivity contribution is 5.74. The Labute approximate surface area is 160 Å². The monoisotopic (exact) mass is 370 g/mol. The highest BCUT2D eigenvalue weighted by Gasteiger charge is 2.35. The third-order valence-corrected chi connectivity index (χ3v) is 5.47. The summed E-state index contributed by atoms with van der Waals surface area (Å²) in [6, 6.07) is 14.5. The number of hydrogen-bond donors (Lipinski definition) is 1. The van der Waals surface area contributed by atoms with Crippen LogP contribution >= 0.6 is 0 Å². The van der Waals surface area contributed by atoms with E-state index in [2.05, 4.69) is 33.9 Å². The molecule has 7 nitrogen and oxygen atoms in total. The normalized spacial score (nSPS) is 16.8. The molecule has 1 aromatic carbocycles. The van der Waals surface area contributed by atoms with Crippen molar-refractivity contribution < 1.29 is 4.42 Å². The number of benzene rings is 1. The molecule has 28 heavy (non-hydrogen) atoms. The SMILES string of the molecule is Cc1cccn2nc([C@H]3c4nc[nH]c4CCN3c3nc4ccccc4o3)cc12. The first-order valence-corrected chi connectivity index (χ1v) is 9.37. The molecule has 0 amide bonds. The van der Waals surface area contributed by atoms with Gasteiger partial charge in [-0.05, 0) is 36.8 Å². The van der Waals surface area contributed by atoms with Crippen LogP contribution in [0, 0.1) is 6.92 Å². The molecular weight excluding hydrogens is 352 g/mol. The van der Waals surface area contributed by atoms with Crippen LogP contribution in [0.15, 0.2) is 59.4 Å². The van der Waals surface area contributed by atoms with Gasteiger partial charge in [-0.1, -0.05) is 18.2 Å². The van der Waals surface area contributed by atoms with Gasteiger partial charge < -0.3 is 14.3 Å². The number of pyridine rings is 1. The maximum atomic E-state index is 6.09. The van der Waals surface area contributed by atoms with E-state index >= 15 is 0 Å². The Morgan fingerprint density at radius 2 is 2.11 bits per heavy atom. The number of fused-ring (bicyclic) bond motifs is 3. The number of imidazole rings is 1. The summed E-state index contributed by atoms with van der Waals surface area (Å²) in [5.41, 5.74) is 6.99. The number of aromatic amines is 1. The maximum Gasteiger partial charge on any atom is 0.299 e. The van der Waals surface area contributed by atoms with Crippen molar-refractivity contribution in [2.75, 3.05) is 11.4 Å². The number of hydrogen-bond acceptors (Lipinski definition) is 5. The Morgan fingerprint density at radius 3 is 3.00 bits per heavy atom. The second kappa shape index (κ2) is 5.69. The molecule has 1 aliphatic rings. The van der Waals surface area contributed by atoms with E-state index in [-0.39, 0.29) is 6.04 Å². The van der Waals surface area contributed by atoms with Crippen LogP contribution in [-0.4, -0.2) is 31.1 Å². The molecule has 4 aromatic heterocycles. The zero-order valence-electron chi connectivity index (χ0n) is 15.3. The number of H-pyrrole nitrogens is 1. The van der Waals surface area contributed by atoms with Crippen LogP contribution in [0.3, 0.4) is 0 Å². The van der Waals surface area contributed by atoms with Gasteiger partial charge in [0.05, 0.1) is 23.2 Å². The van der Waals surface area contributed by atoms with E-state index in [1.807, 2.05) is 41.0 Å². The summed E-state index contributed by atoms with van der Waals surface area (Å²) >= 11 is 0. The first-order chi connectivity index (χ1) is 13.8. The van der Waals surface area contributed by atoms with Gasteiger partial charge in [0, 0.05) is 24.9 Å². The quantitative estimate of drug-likeness (QED) is 0.513. The minimum absolute atomic E-state index is 0.151. The maximum absolute atomic E-state index is 6.09. The Bertz CT molecular complexity index is 1280. The van der Waals surface area contributed by atoms with Gasteiger partial charge in [-0.25, -0.2) is 9.50 Å². The number of para-hydroxylation sites is 2. The Balaban J connectivity index is 1.54. The van der Waals surface area contributed by atoms with E-state index in [0.29, 0.717) is 6.01 Å². The zero-order valence-corrected chi connectivity index (χ0v) is 15.3. The van der Waals surface area contributed by atoms with Crippen molar-refractivity contribution in [2.45, 2.75) is 19.4 Å². The highest BCUT2D eigenvalue weighted by Crippen LogP contribution is 2.37. The Morgan fingerprint density at radius 1 is 1.18 bits per heavy atom. The zero-order chi connectivity index (χ0) is 18.7. The first kappa shape index (κ1) is 15.4. The molecule has 1 aliphatic heterocycles. The number of oxazole rings is 1. The lowest BCUT2D eigenvalue weighted by molar-refractivity contribution is 0.517. The van der Waals surface area contributed by atoms with Gasteiger partial charge in [-0.3, -0.25) is 0 Å². The standard InChI is InChI=1S/C21H18N6O/c1-13-5-4-9-27-17(13)11-16(25-27)20-19-15(22-12-23-19)8-10-26(20)21-24-14-6-2-3-7-18(14)28-21/h2-7,9,11-12,20H,8,10H2,1H3,(H,22,23)/t20-/m0/s1. The van der Waals surface area contributed by atoms with Crippen molar-refractivity contribution in [3.05, 3.63) is 77.6 Å². The summed E-state index contributed by atoms with van der Waals surface area (Å²) in [4.78, 5) is 14.8. The van der Waals surface area contributed by atoms with Crippen molar-refractivity contribution in [1.82, 2.24) is 24.6 Å². The fourth-order valence-electron chi connectivity index (χ4n) is 4.07. The second-order valence-corrected chi connectivity index (χ2v) is 7.17. The number of nitrogens with one attached hydrogen (secondary N) is 1. The van der Waals surface area contributed by atoms with Crippen molar-refractivity contribution >= 4 is 22.6 Å². The predicted molar refractivity (Wildman–Crippen MR) is 105 cm³/mol. The summed E-state index contributed by atoms with van der Waals surface area (Å²) in [7, 11) is 0. The number of rotatable bonds is 2. The molecule has 0 unspecified atom stereocenters. The minimum Gasteiger partial charge on any atom is -0.423 e. The Hall–Kier alpha value is -3.61. The lowest BCUT2D eigenvalue weighted by Crippen LogP contribution is -2.36. The van der Waals surface area contributed by atoms with Crippen LogP contribution in [0.25, 0.3) is 16.6 Å². The molecule has 0 fully saturated rings. The van der Waals surface area contributed by atoms with Crippen molar-refractivity contribution in [3.8, 4) is 0 Å². The Kier molecular flexibility index (Phi) is 3.14. The summed E-state index contributed by atoms with van der Waals surface area (Å²) in [5.74, 6) is 0. The van der Waals surface area contributed by atoms with Gasteiger partial charge in [-0.15, -0.1) is 0 Å². The van der Waals surface area contributed by atoms with Crippen molar-refractivity contribution in [2.24, 2.45) is 0 Å². The van der Waals surface area contributed by atoms with E-state index in [0.717, 1.165) is 46.7 Å². The first-order valence-electron chi connectivity index (χ1n) is 9.37. The van der Waals surface area contributed by atoms with E-state index in [1.165, 1.54) is 5.56 Å². The van der Waals surface area contributed by atoms with Crippen LogP contribution in [0.4, 0.5) is 6.01 Å². The van der Waals surface area contributed by atoms with Gasteiger partial charge in [0.25, 0.3) is 6.01 Å². The number of nitrogens with zero attached hydrogens (tertiary/aromatic N) is 5. The second-order valence-electron chi connectivity index (χ2n) is 7.17. The van der Waals surface area contributed by atoms with Crippen LogP contribution in [0.1, 0.15) is 28.7 Å². The largest absolute Gasteiger partial charge is 0.423 e. The minimum atomic E-state index is -0.151. The van der Waals surface area contributed by atoms with E-state index in [4.69, 9.17) is 14.5 Å². The molecule has 5 heterocycles. The molecule has 6 rings (SSSR count). The van der Waals surface area contributed by atoms with Crippen LogP contribution in [0.5, 0.6) is 0 Å². The number of aryl methyl sites for hydroxylation is 1. The predicted octanol–water partition coefficient (Wildman–Crippen LogP) is 3.66. The number of anilines is 1. The fraction of sp³-hybridized carbons (Fsp3) is 0.190. The third kappa shape index (κ3) is 2.19. The summed E-state index contributed by atoms with van der Waals surface area (Å²) in [5, 5.41) is 4.86. The molecule has 0 radical (unpaired) electrons. The van der Waals surface area contributed by atoms with E-state index in [1.54, 1.807) is 6.33 Å². The molecule has 138 valence electrons. The molecular formula is C21H18N6O. The van der Waals surface area contributed by atoms with Crippen LogP contribution in [0.2, 0.25) is 0 Å². The lowest BCUT2D eigenvalue weighted by atomic mass is 10.00. The average molecular weight is 370 g/mol. The molecule has 0 saturated heterocycles. The van der Waals surface area contributed by atoms with E-state index in [9.17, 15) is 0 Å². The number of aromatic nitrogens is 5. The average Bonchev–Trinajstić information content (AvgIpc) is 3.44. The van der Waals surface area contributed by atoms with Crippen molar-refractivity contribution in [1.29, 1.82) is 0 Å². The van der Waals surface area contributed by atoms with Gasteiger partial charge in [0.2, 0.25) is 0 Å². The summed E-state index contributed by atoms with van der Waals surface area (Å²) in [6.45, 7) is 2.87. The molecule has 0 saturated carbocycles. The fourth-order valence-corrected chi connectivity index (χ4v) is 4.07. The van der Waals surface area contributed by atoms with Gasteiger partial charge in [0.15, 0.2) is 5.58 Å². The van der Waals surface area contributed by atoms with E-state index < -0.39 is 0 Å². The molecule has 0 spiro atoms. The molecule has 0 aliphatic carbocycles. The van der Waals surface area contributed by atoms with Gasteiger partial charge >= 0.3 is 0 Å². The molecule has 7 heteroatoms. The molecule has 1 N–H and O–H groups in total. The summed E-state index contributed by atoms with van der Waals surface area (Å²) in [6.07, 6.45) is 4.59. The van der Waals surface area contributed by atoms with Crippen molar-refractivity contribution in [3.63, 3.8) is 0 Å². The lowest BCUT2D eigenvalue weighted by Gasteiger charge is -2.32. The van der Waals surface area contributed by atoms with Gasteiger partial charge in [-0.2, -0.15) is 10.1 Å². The molecule has 1 atom stereocenters. The smallest absolute Gasteiger partial charge is 0.299 e. The third-order valence-electron chi connectivity index (χ3n) is 5.47. The molecule has 5 aromatic rings. The van der Waals surface area contributed by atoms with Crippen LogP contribution in [-0.2, 0) is 6.42 Å². The van der Waals surface area contributed by atoms with Gasteiger partial charge in [0.1, 0.15) is 11.6 Å². The highest BCUT2D eigenvalue weighted by atomic mass is 16.4. The van der Waals surface area contributed by atoms with Crippen LogP contribution < -0.4 is 4.90 Å². The topological polar surface area (TPSA) is 75.2 Å².